The maximum absolute atomic E-state index is 12.1. The Hall–Kier alpha value is -1.54. The van der Waals surface area contributed by atoms with Crippen LogP contribution < -0.4 is 5.32 Å². The zero-order valence-corrected chi connectivity index (χ0v) is 14.5. The Bertz CT molecular complexity index is 771. The molecule has 0 bridgehead atoms. The Morgan fingerprint density at radius 3 is 2.39 bits per heavy atom. The van der Waals surface area contributed by atoms with Crippen LogP contribution in [0, 0.1) is 0 Å². The molecule has 0 fully saturated rings. The van der Waals surface area contributed by atoms with E-state index in [1.54, 1.807) is 30.3 Å². The van der Waals surface area contributed by atoms with Crippen molar-refractivity contribution < 1.29 is 17.6 Å². The molecule has 124 valence electrons. The first kappa shape index (κ1) is 17.8. The Labute approximate surface area is 144 Å². The van der Waals surface area contributed by atoms with E-state index in [2.05, 4.69) is 5.32 Å². The first-order valence-corrected chi connectivity index (χ1v) is 9.09. The number of sulfonamides is 1. The molecule has 0 aliphatic rings. The number of furan rings is 1. The summed E-state index contributed by atoms with van der Waals surface area (Å²) in [6.07, 6.45) is 2.45. The monoisotopic (exact) mass is 376 g/mol. The SMILES string of the molecule is CS(=O)(=O)N(CC(=O)Nc1c(Cl)cccc1Cl)Cc1ccco1. The number of para-hydroxylation sites is 1. The Morgan fingerprint density at radius 2 is 1.87 bits per heavy atom. The van der Waals surface area contributed by atoms with Gasteiger partial charge in [0.1, 0.15) is 5.76 Å². The third-order valence-electron chi connectivity index (χ3n) is 2.93. The average molecular weight is 377 g/mol. The zero-order valence-electron chi connectivity index (χ0n) is 12.1. The third kappa shape index (κ3) is 4.97. The van der Waals surface area contributed by atoms with Crippen molar-refractivity contribution in [2.45, 2.75) is 6.54 Å². The van der Waals surface area contributed by atoms with Gasteiger partial charge >= 0.3 is 0 Å². The number of anilines is 1. The van der Waals surface area contributed by atoms with Crippen LogP contribution in [0.2, 0.25) is 10.0 Å². The standard InChI is InChI=1S/C14H14Cl2N2O4S/c1-23(20,21)18(8-10-4-3-7-22-10)9-13(19)17-14-11(15)5-2-6-12(14)16/h2-7H,8-9H2,1H3,(H,17,19). The Kier molecular flexibility index (Phi) is 5.69. The lowest BCUT2D eigenvalue weighted by molar-refractivity contribution is -0.116. The lowest BCUT2D eigenvalue weighted by Gasteiger charge is -2.18. The first-order valence-electron chi connectivity index (χ1n) is 6.48. The van der Waals surface area contributed by atoms with Gasteiger partial charge in [0.15, 0.2) is 0 Å². The number of hydrogen-bond acceptors (Lipinski definition) is 4. The molecule has 0 saturated carbocycles. The first-order chi connectivity index (χ1) is 10.8. The summed E-state index contributed by atoms with van der Waals surface area (Å²) in [5, 5.41) is 3.05. The van der Waals surface area contributed by atoms with Gasteiger partial charge < -0.3 is 9.73 Å². The minimum Gasteiger partial charge on any atom is -0.468 e. The van der Waals surface area contributed by atoms with E-state index >= 15 is 0 Å². The molecule has 0 aliphatic heterocycles. The second-order valence-corrected chi connectivity index (χ2v) is 7.55. The molecule has 0 spiro atoms. The molecule has 9 heteroatoms. The highest BCUT2D eigenvalue weighted by Gasteiger charge is 2.22. The summed E-state index contributed by atoms with van der Waals surface area (Å²) in [7, 11) is -3.60. The van der Waals surface area contributed by atoms with Crippen LogP contribution >= 0.6 is 23.2 Å². The van der Waals surface area contributed by atoms with Gasteiger partial charge in [0.05, 0.1) is 41.3 Å². The van der Waals surface area contributed by atoms with Crippen LogP contribution in [0.4, 0.5) is 5.69 Å². The summed E-state index contributed by atoms with van der Waals surface area (Å²) in [5.74, 6) is -0.129. The summed E-state index contributed by atoms with van der Waals surface area (Å²) < 4.78 is 29.8. The highest BCUT2D eigenvalue weighted by atomic mass is 35.5. The molecule has 0 atom stereocenters. The molecule has 23 heavy (non-hydrogen) atoms. The van der Waals surface area contributed by atoms with E-state index in [-0.39, 0.29) is 28.8 Å². The van der Waals surface area contributed by atoms with Gasteiger partial charge in [-0.05, 0) is 24.3 Å². The lowest BCUT2D eigenvalue weighted by atomic mass is 10.3. The second-order valence-electron chi connectivity index (χ2n) is 4.76. The molecule has 0 radical (unpaired) electrons. The fourth-order valence-electron chi connectivity index (χ4n) is 1.82. The number of amides is 1. The van der Waals surface area contributed by atoms with E-state index in [1.165, 1.54) is 6.26 Å². The van der Waals surface area contributed by atoms with Crippen LogP contribution in [-0.2, 0) is 21.4 Å². The summed E-state index contributed by atoms with van der Waals surface area (Å²) in [5.41, 5.74) is 0.243. The van der Waals surface area contributed by atoms with Gasteiger partial charge in [0.25, 0.3) is 0 Å². The highest BCUT2D eigenvalue weighted by molar-refractivity contribution is 7.88. The van der Waals surface area contributed by atoms with E-state index in [9.17, 15) is 13.2 Å². The van der Waals surface area contributed by atoms with Crippen LogP contribution in [0.1, 0.15) is 5.76 Å². The van der Waals surface area contributed by atoms with E-state index in [1.807, 2.05) is 0 Å². The summed E-state index contributed by atoms with van der Waals surface area (Å²) in [4.78, 5) is 12.1. The maximum atomic E-state index is 12.1. The number of hydrogen-bond donors (Lipinski definition) is 1. The van der Waals surface area contributed by atoms with Crippen LogP contribution in [0.3, 0.4) is 0 Å². The van der Waals surface area contributed by atoms with E-state index in [0.29, 0.717) is 5.76 Å². The molecule has 1 N–H and O–H groups in total. The van der Waals surface area contributed by atoms with Gasteiger partial charge in [-0.2, -0.15) is 4.31 Å². The largest absolute Gasteiger partial charge is 0.468 e. The molecule has 1 amide bonds. The van der Waals surface area contributed by atoms with E-state index < -0.39 is 15.9 Å². The Balaban J connectivity index is 2.12. The Morgan fingerprint density at radius 1 is 1.22 bits per heavy atom. The summed E-state index contributed by atoms with van der Waals surface area (Å²) in [6, 6.07) is 8.04. The second kappa shape index (κ2) is 7.35. The number of halogens is 2. The molecule has 2 rings (SSSR count). The number of nitrogens with one attached hydrogen (secondary N) is 1. The predicted octanol–water partition coefficient (Wildman–Crippen LogP) is 2.99. The fraction of sp³-hybridized carbons (Fsp3) is 0.214. The molecule has 0 unspecified atom stereocenters. The van der Waals surface area contributed by atoms with Crippen LogP contribution in [0.5, 0.6) is 0 Å². The molecular formula is C14H14Cl2N2O4S. The molecule has 0 aliphatic carbocycles. The average Bonchev–Trinajstić information content (AvgIpc) is 2.94. The molecule has 6 nitrogen and oxygen atoms in total. The fourth-order valence-corrected chi connectivity index (χ4v) is 3.03. The van der Waals surface area contributed by atoms with Crippen molar-refractivity contribution in [1.29, 1.82) is 0 Å². The van der Waals surface area contributed by atoms with Gasteiger partial charge in [-0.3, -0.25) is 4.79 Å². The normalized spacial score (nSPS) is 11.7. The van der Waals surface area contributed by atoms with Crippen LogP contribution in [0.25, 0.3) is 0 Å². The summed E-state index contributed by atoms with van der Waals surface area (Å²) in [6.45, 7) is -0.434. The van der Waals surface area contributed by atoms with Gasteiger partial charge in [-0.1, -0.05) is 29.3 Å². The van der Waals surface area contributed by atoms with Crippen LogP contribution in [-0.4, -0.2) is 31.4 Å². The van der Waals surface area contributed by atoms with Crippen molar-refractivity contribution in [1.82, 2.24) is 4.31 Å². The predicted molar refractivity (Wildman–Crippen MR) is 89.1 cm³/mol. The maximum Gasteiger partial charge on any atom is 0.239 e. The van der Waals surface area contributed by atoms with Crippen molar-refractivity contribution >= 4 is 44.8 Å². The zero-order chi connectivity index (χ0) is 17.0. The van der Waals surface area contributed by atoms with Crippen molar-refractivity contribution in [2.75, 3.05) is 18.1 Å². The molecule has 2 aromatic rings. The van der Waals surface area contributed by atoms with E-state index in [0.717, 1.165) is 10.6 Å². The minimum atomic E-state index is -3.60. The van der Waals surface area contributed by atoms with Crippen molar-refractivity contribution in [3.63, 3.8) is 0 Å². The number of carbonyl (C=O) groups is 1. The van der Waals surface area contributed by atoms with Crippen molar-refractivity contribution in [3.8, 4) is 0 Å². The van der Waals surface area contributed by atoms with Crippen molar-refractivity contribution in [2.24, 2.45) is 0 Å². The molecular weight excluding hydrogens is 363 g/mol. The number of carbonyl (C=O) groups excluding carboxylic acids is 1. The van der Waals surface area contributed by atoms with Gasteiger partial charge in [-0.25, -0.2) is 8.42 Å². The van der Waals surface area contributed by atoms with E-state index in [4.69, 9.17) is 27.6 Å². The van der Waals surface area contributed by atoms with Gasteiger partial charge in [-0.15, -0.1) is 0 Å². The smallest absolute Gasteiger partial charge is 0.239 e. The van der Waals surface area contributed by atoms with Crippen LogP contribution in [0.15, 0.2) is 41.0 Å². The quantitative estimate of drug-likeness (QED) is 0.840. The molecule has 1 aromatic heterocycles. The minimum absolute atomic E-state index is 0.0461. The highest BCUT2D eigenvalue weighted by Crippen LogP contribution is 2.29. The number of nitrogens with zero attached hydrogens (tertiary/aromatic N) is 1. The van der Waals surface area contributed by atoms with Gasteiger partial charge in [0.2, 0.25) is 15.9 Å². The molecule has 1 heterocycles. The number of benzene rings is 1. The molecule has 0 saturated heterocycles. The lowest BCUT2D eigenvalue weighted by Crippen LogP contribution is -2.36. The number of rotatable bonds is 6. The molecule has 1 aromatic carbocycles. The van der Waals surface area contributed by atoms with Gasteiger partial charge in [0, 0.05) is 0 Å². The third-order valence-corrected chi connectivity index (χ3v) is 4.75. The topological polar surface area (TPSA) is 79.6 Å². The van der Waals surface area contributed by atoms with Crippen molar-refractivity contribution in [3.05, 3.63) is 52.4 Å². The summed E-state index contributed by atoms with van der Waals surface area (Å²) >= 11 is 11.9.